The Hall–Kier alpha value is 0.310. The van der Waals surface area contributed by atoms with Crippen LogP contribution in [0.5, 0.6) is 0 Å². The van der Waals surface area contributed by atoms with Gasteiger partial charge >= 0.3 is 0 Å². The molecule has 1 aliphatic rings. The van der Waals surface area contributed by atoms with Gasteiger partial charge in [-0.3, -0.25) is 0 Å². The van der Waals surface area contributed by atoms with Crippen LogP contribution in [0, 0.1) is 0 Å². The average molecular weight is 117 g/mol. The van der Waals surface area contributed by atoms with Crippen molar-refractivity contribution in [2.24, 2.45) is 0 Å². The molecule has 1 N–H and O–H groups in total. The molecule has 0 saturated heterocycles. The molecular weight excluding hydrogens is 106 g/mol. The summed E-state index contributed by atoms with van der Waals surface area (Å²) < 4.78 is 0. The van der Waals surface area contributed by atoms with Crippen LogP contribution in [-0.4, -0.2) is 18.3 Å². The number of nitrogens with one attached hydrogen (secondary N) is 1. The summed E-state index contributed by atoms with van der Waals surface area (Å²) in [5.74, 6) is 0. The fourth-order valence-electron chi connectivity index (χ4n) is 0.824. The summed E-state index contributed by atoms with van der Waals surface area (Å²) in [6.07, 6.45) is 2.50. The maximum Gasteiger partial charge on any atom is 0.00849 e. The van der Waals surface area contributed by atoms with Gasteiger partial charge in [0.1, 0.15) is 0 Å². The van der Waals surface area contributed by atoms with Gasteiger partial charge in [-0.2, -0.15) is 12.6 Å². The van der Waals surface area contributed by atoms with Crippen LogP contribution in [-0.2, 0) is 0 Å². The Morgan fingerprint density at radius 2 is 2.14 bits per heavy atom. The first kappa shape index (κ1) is 5.45. The second-order valence-corrected chi connectivity index (χ2v) is 2.84. The molecule has 1 nitrogen and oxygen atoms in total. The van der Waals surface area contributed by atoms with E-state index in [0.29, 0.717) is 5.25 Å². The van der Waals surface area contributed by atoms with E-state index in [1.807, 2.05) is 7.05 Å². The number of hydrogen-bond acceptors (Lipinski definition) is 2. The Kier molecular flexibility index (Phi) is 1.60. The van der Waals surface area contributed by atoms with Gasteiger partial charge in [-0.05, 0) is 19.9 Å². The van der Waals surface area contributed by atoms with E-state index in [1.165, 1.54) is 12.8 Å². The molecule has 0 aromatic rings. The summed E-state index contributed by atoms with van der Waals surface area (Å²) in [6, 6.07) is 0.766. The highest BCUT2D eigenvalue weighted by molar-refractivity contribution is 7.81. The molecule has 7 heavy (non-hydrogen) atoms. The quantitative estimate of drug-likeness (QED) is 0.481. The highest BCUT2D eigenvalue weighted by Gasteiger charge is 2.23. The molecule has 42 valence electrons. The van der Waals surface area contributed by atoms with Crippen molar-refractivity contribution in [3.8, 4) is 0 Å². The first-order chi connectivity index (χ1) is 3.33. The van der Waals surface area contributed by atoms with Gasteiger partial charge in [-0.25, -0.2) is 0 Å². The summed E-state index contributed by atoms with van der Waals surface area (Å²) in [4.78, 5) is 0. The molecule has 0 aromatic carbocycles. The molecule has 2 heteroatoms. The van der Waals surface area contributed by atoms with E-state index < -0.39 is 0 Å². The van der Waals surface area contributed by atoms with Crippen LogP contribution in [0.2, 0.25) is 0 Å². The second-order valence-electron chi connectivity index (χ2n) is 2.11. The van der Waals surface area contributed by atoms with Crippen molar-refractivity contribution in [2.45, 2.75) is 24.1 Å². The highest BCUT2D eigenvalue weighted by atomic mass is 32.1. The van der Waals surface area contributed by atoms with Gasteiger partial charge in [-0.1, -0.05) is 0 Å². The zero-order valence-electron chi connectivity index (χ0n) is 4.52. The lowest BCUT2D eigenvalue weighted by molar-refractivity contribution is 0.376. The molecule has 0 aromatic heterocycles. The third kappa shape index (κ3) is 1.10. The van der Waals surface area contributed by atoms with Crippen LogP contribution < -0.4 is 5.32 Å². The topological polar surface area (TPSA) is 12.0 Å². The van der Waals surface area contributed by atoms with Crippen LogP contribution >= 0.6 is 12.6 Å². The normalized spacial score (nSPS) is 40.3. The minimum absolute atomic E-state index is 0.678. The van der Waals surface area contributed by atoms with Crippen LogP contribution in [0.15, 0.2) is 0 Å². The van der Waals surface area contributed by atoms with Crippen molar-refractivity contribution in [3.05, 3.63) is 0 Å². The van der Waals surface area contributed by atoms with Crippen LogP contribution in [0.3, 0.4) is 0 Å². The number of rotatable bonds is 1. The molecule has 0 unspecified atom stereocenters. The first-order valence-electron chi connectivity index (χ1n) is 2.68. The van der Waals surface area contributed by atoms with Crippen molar-refractivity contribution in [1.82, 2.24) is 5.32 Å². The van der Waals surface area contributed by atoms with Crippen molar-refractivity contribution in [3.63, 3.8) is 0 Å². The SMILES string of the molecule is CN[C@H]1C[C@H](S)C1. The van der Waals surface area contributed by atoms with E-state index in [-0.39, 0.29) is 0 Å². The zero-order chi connectivity index (χ0) is 5.28. The Balaban J connectivity index is 2.06. The Morgan fingerprint density at radius 3 is 2.29 bits per heavy atom. The molecule has 0 aliphatic heterocycles. The minimum Gasteiger partial charge on any atom is -0.317 e. The van der Waals surface area contributed by atoms with Gasteiger partial charge in [0, 0.05) is 11.3 Å². The molecule has 0 amide bonds. The third-order valence-electron chi connectivity index (χ3n) is 1.52. The van der Waals surface area contributed by atoms with Crippen molar-refractivity contribution < 1.29 is 0 Å². The van der Waals surface area contributed by atoms with Gasteiger partial charge in [0.2, 0.25) is 0 Å². The Bertz CT molecular complexity index is 59.1. The Morgan fingerprint density at radius 1 is 1.57 bits per heavy atom. The van der Waals surface area contributed by atoms with Crippen molar-refractivity contribution in [1.29, 1.82) is 0 Å². The smallest absolute Gasteiger partial charge is 0.00849 e. The predicted molar refractivity (Wildman–Crippen MR) is 34.9 cm³/mol. The summed E-state index contributed by atoms with van der Waals surface area (Å²) in [5, 5.41) is 3.86. The number of thiol groups is 1. The second kappa shape index (κ2) is 2.05. The lowest BCUT2D eigenvalue weighted by Gasteiger charge is -2.31. The minimum atomic E-state index is 0.678. The van der Waals surface area contributed by atoms with E-state index in [0.717, 1.165) is 6.04 Å². The number of hydrogen-bond donors (Lipinski definition) is 2. The fourth-order valence-corrected chi connectivity index (χ4v) is 1.33. The predicted octanol–water partition coefficient (Wildman–Crippen LogP) is 0.667. The van der Waals surface area contributed by atoms with Gasteiger partial charge < -0.3 is 5.32 Å². The molecule has 0 spiro atoms. The largest absolute Gasteiger partial charge is 0.317 e. The maximum atomic E-state index is 4.26. The molecule has 0 bridgehead atoms. The van der Waals surface area contributed by atoms with E-state index >= 15 is 0 Å². The molecule has 0 heterocycles. The fraction of sp³-hybridized carbons (Fsp3) is 1.00. The monoisotopic (exact) mass is 117 g/mol. The van der Waals surface area contributed by atoms with E-state index in [2.05, 4.69) is 17.9 Å². The molecule has 1 fully saturated rings. The highest BCUT2D eigenvalue weighted by Crippen LogP contribution is 2.23. The summed E-state index contributed by atoms with van der Waals surface area (Å²) in [6.45, 7) is 0. The molecule has 0 atom stereocenters. The molecule has 1 aliphatic carbocycles. The van der Waals surface area contributed by atoms with Crippen molar-refractivity contribution >= 4 is 12.6 Å². The molecular formula is C5H11NS. The van der Waals surface area contributed by atoms with Crippen LogP contribution in [0.1, 0.15) is 12.8 Å². The molecule has 0 radical (unpaired) electrons. The van der Waals surface area contributed by atoms with Crippen LogP contribution in [0.25, 0.3) is 0 Å². The lowest BCUT2D eigenvalue weighted by Crippen LogP contribution is -2.39. The summed E-state index contributed by atoms with van der Waals surface area (Å²) in [5.41, 5.74) is 0. The third-order valence-corrected chi connectivity index (χ3v) is 1.94. The van der Waals surface area contributed by atoms with Gasteiger partial charge in [0.05, 0.1) is 0 Å². The van der Waals surface area contributed by atoms with Gasteiger partial charge in [-0.15, -0.1) is 0 Å². The Labute approximate surface area is 49.9 Å². The first-order valence-corrected chi connectivity index (χ1v) is 3.20. The molecule has 1 rings (SSSR count). The summed E-state index contributed by atoms with van der Waals surface area (Å²) in [7, 11) is 2.00. The zero-order valence-corrected chi connectivity index (χ0v) is 5.41. The van der Waals surface area contributed by atoms with Crippen molar-refractivity contribution in [2.75, 3.05) is 7.05 Å². The lowest BCUT2D eigenvalue weighted by atomic mass is 9.93. The van der Waals surface area contributed by atoms with E-state index in [9.17, 15) is 0 Å². The van der Waals surface area contributed by atoms with Gasteiger partial charge in [0.15, 0.2) is 0 Å². The van der Waals surface area contributed by atoms with E-state index in [1.54, 1.807) is 0 Å². The van der Waals surface area contributed by atoms with Crippen LogP contribution in [0.4, 0.5) is 0 Å². The molecule has 1 saturated carbocycles. The average Bonchev–Trinajstić information content (AvgIpc) is 1.58. The summed E-state index contributed by atoms with van der Waals surface area (Å²) >= 11 is 4.26. The standard InChI is InChI=1S/C5H11NS/c1-6-4-2-5(7)3-4/h4-7H,2-3H2,1H3/t4-,5-. The maximum absolute atomic E-state index is 4.26. The van der Waals surface area contributed by atoms with E-state index in [4.69, 9.17) is 0 Å². The van der Waals surface area contributed by atoms with Gasteiger partial charge in [0.25, 0.3) is 0 Å².